The van der Waals surface area contributed by atoms with Crippen LogP contribution in [0.25, 0.3) is 0 Å². The predicted octanol–water partition coefficient (Wildman–Crippen LogP) is 1.96. The molecule has 0 spiro atoms. The van der Waals surface area contributed by atoms with Crippen LogP contribution < -0.4 is 15.0 Å². The van der Waals surface area contributed by atoms with Crippen molar-refractivity contribution in [2.45, 2.75) is 13.2 Å². The minimum Gasteiger partial charge on any atom is -0.435 e. The van der Waals surface area contributed by atoms with Gasteiger partial charge in [-0.3, -0.25) is 4.79 Å². The molecule has 0 aliphatic carbocycles. The highest BCUT2D eigenvalue weighted by molar-refractivity contribution is 6.04. The molecule has 2 aromatic rings. The molecule has 26 heavy (non-hydrogen) atoms. The maximum atomic E-state index is 12.3. The number of morpholine rings is 1. The lowest BCUT2D eigenvalue weighted by Crippen LogP contribution is -3.12. The molecule has 0 atom stereocenters. The van der Waals surface area contributed by atoms with E-state index in [4.69, 9.17) is 4.74 Å². The molecule has 0 aromatic heterocycles. The van der Waals surface area contributed by atoms with E-state index in [1.807, 2.05) is 12.1 Å². The first-order valence-electron chi connectivity index (χ1n) is 8.46. The lowest BCUT2D eigenvalue weighted by Gasteiger charge is -2.23. The minimum absolute atomic E-state index is 0.0490. The van der Waals surface area contributed by atoms with Crippen molar-refractivity contribution in [3.63, 3.8) is 0 Å². The van der Waals surface area contributed by atoms with E-state index in [-0.39, 0.29) is 11.7 Å². The van der Waals surface area contributed by atoms with Gasteiger partial charge >= 0.3 is 6.61 Å². The number of hydrogen-bond donors (Lipinski definition) is 2. The molecule has 0 unspecified atom stereocenters. The Morgan fingerprint density at radius 1 is 1.08 bits per heavy atom. The Bertz CT molecular complexity index is 715. The Morgan fingerprint density at radius 2 is 1.73 bits per heavy atom. The second-order valence-corrected chi connectivity index (χ2v) is 6.09. The summed E-state index contributed by atoms with van der Waals surface area (Å²) in [5.41, 5.74) is 2.23. The molecule has 1 amide bonds. The smallest absolute Gasteiger partial charge is 0.387 e. The molecule has 5 nitrogen and oxygen atoms in total. The molecular formula is C19H21F2N2O3+. The Hall–Kier alpha value is -2.51. The fraction of sp³-hybridized carbons (Fsp3) is 0.316. The van der Waals surface area contributed by atoms with Crippen LogP contribution in [0.1, 0.15) is 15.9 Å². The maximum absolute atomic E-state index is 12.3. The molecule has 1 heterocycles. The molecule has 2 aromatic carbocycles. The summed E-state index contributed by atoms with van der Waals surface area (Å²) in [6.45, 7) is 1.61. The van der Waals surface area contributed by atoms with Crippen molar-refractivity contribution in [3.05, 3.63) is 59.7 Å². The monoisotopic (exact) mass is 363 g/mol. The van der Waals surface area contributed by atoms with E-state index >= 15 is 0 Å². The molecule has 2 N–H and O–H groups in total. The summed E-state index contributed by atoms with van der Waals surface area (Å²) in [7, 11) is 0. The first-order valence-corrected chi connectivity index (χ1v) is 8.46. The summed E-state index contributed by atoms with van der Waals surface area (Å²) < 4.78 is 33.9. The predicted molar refractivity (Wildman–Crippen MR) is 92.7 cm³/mol. The molecule has 0 bridgehead atoms. The minimum atomic E-state index is -2.87. The van der Waals surface area contributed by atoms with Gasteiger partial charge in [0.2, 0.25) is 0 Å². The highest BCUT2D eigenvalue weighted by atomic mass is 19.3. The van der Waals surface area contributed by atoms with Crippen molar-refractivity contribution in [1.29, 1.82) is 0 Å². The van der Waals surface area contributed by atoms with Gasteiger partial charge in [0.1, 0.15) is 25.4 Å². The van der Waals surface area contributed by atoms with Crippen LogP contribution in [0.4, 0.5) is 14.5 Å². The van der Waals surface area contributed by atoms with Crippen LogP contribution in [0.5, 0.6) is 5.75 Å². The Morgan fingerprint density at radius 3 is 2.35 bits per heavy atom. The van der Waals surface area contributed by atoms with Gasteiger partial charge in [-0.15, -0.1) is 0 Å². The number of carbonyl (C=O) groups is 1. The lowest BCUT2D eigenvalue weighted by molar-refractivity contribution is -0.921. The molecule has 7 heteroatoms. The average Bonchev–Trinajstić information content (AvgIpc) is 2.64. The zero-order valence-electron chi connectivity index (χ0n) is 14.2. The number of nitrogens with one attached hydrogen (secondary N) is 2. The van der Waals surface area contributed by atoms with Crippen LogP contribution in [0.15, 0.2) is 48.5 Å². The van der Waals surface area contributed by atoms with Gasteiger partial charge in [0.25, 0.3) is 5.91 Å². The molecule has 1 fully saturated rings. The summed E-state index contributed by atoms with van der Waals surface area (Å²) in [5.74, 6) is -0.203. The van der Waals surface area contributed by atoms with Crippen LogP contribution in [-0.2, 0) is 11.3 Å². The van der Waals surface area contributed by atoms with E-state index in [0.717, 1.165) is 32.8 Å². The van der Waals surface area contributed by atoms with E-state index in [1.165, 1.54) is 34.7 Å². The second-order valence-electron chi connectivity index (χ2n) is 6.09. The molecule has 1 saturated heterocycles. The van der Waals surface area contributed by atoms with Crippen LogP contribution >= 0.6 is 0 Å². The quantitative estimate of drug-likeness (QED) is 0.825. The number of amides is 1. The Kier molecular flexibility index (Phi) is 6.14. The molecule has 1 aliphatic heterocycles. The zero-order chi connectivity index (χ0) is 18.4. The zero-order valence-corrected chi connectivity index (χ0v) is 14.2. The molecule has 1 aliphatic rings. The number of alkyl halides is 2. The van der Waals surface area contributed by atoms with Crippen LogP contribution in [0.3, 0.4) is 0 Å². The number of rotatable bonds is 6. The van der Waals surface area contributed by atoms with Crippen molar-refractivity contribution in [2.75, 3.05) is 31.6 Å². The van der Waals surface area contributed by atoms with Gasteiger partial charge in [-0.2, -0.15) is 8.78 Å². The third-order valence-corrected chi connectivity index (χ3v) is 4.21. The van der Waals surface area contributed by atoms with Crippen LogP contribution in [-0.4, -0.2) is 38.8 Å². The second kappa shape index (κ2) is 8.73. The first kappa shape index (κ1) is 18.3. The lowest BCUT2D eigenvalue weighted by atomic mass is 10.1. The van der Waals surface area contributed by atoms with E-state index < -0.39 is 6.61 Å². The van der Waals surface area contributed by atoms with Gasteiger partial charge < -0.3 is 19.7 Å². The number of halogens is 2. The first-order chi connectivity index (χ1) is 12.6. The maximum Gasteiger partial charge on any atom is 0.387 e. The fourth-order valence-corrected chi connectivity index (χ4v) is 2.82. The van der Waals surface area contributed by atoms with E-state index in [9.17, 15) is 13.6 Å². The van der Waals surface area contributed by atoms with E-state index in [0.29, 0.717) is 11.3 Å². The third-order valence-electron chi connectivity index (χ3n) is 4.21. The van der Waals surface area contributed by atoms with E-state index in [2.05, 4.69) is 10.1 Å². The average molecular weight is 363 g/mol. The highest BCUT2D eigenvalue weighted by Crippen LogP contribution is 2.18. The van der Waals surface area contributed by atoms with Gasteiger partial charge in [0, 0.05) is 16.8 Å². The summed E-state index contributed by atoms with van der Waals surface area (Å²) in [6.07, 6.45) is 0. The number of carbonyl (C=O) groups excluding carboxylic acids is 1. The van der Waals surface area contributed by atoms with Gasteiger partial charge in [-0.1, -0.05) is 12.1 Å². The molecule has 0 saturated carbocycles. The topological polar surface area (TPSA) is 52.0 Å². The van der Waals surface area contributed by atoms with Gasteiger partial charge in [-0.05, 0) is 36.4 Å². The third kappa shape index (κ3) is 5.24. The summed E-state index contributed by atoms with van der Waals surface area (Å²) in [4.78, 5) is 13.8. The van der Waals surface area contributed by atoms with Crippen molar-refractivity contribution < 1.29 is 27.9 Å². The SMILES string of the molecule is O=C(Nc1ccc(OC(F)F)cc1)c1ccc(C[NH+]2CCOCC2)cc1. The number of anilines is 1. The molecule has 0 radical (unpaired) electrons. The van der Waals surface area contributed by atoms with Gasteiger partial charge in [0.15, 0.2) is 0 Å². The fourth-order valence-electron chi connectivity index (χ4n) is 2.82. The van der Waals surface area contributed by atoms with E-state index in [1.54, 1.807) is 12.1 Å². The number of ether oxygens (including phenoxy) is 2. The molecule has 138 valence electrons. The highest BCUT2D eigenvalue weighted by Gasteiger charge is 2.14. The standard InChI is InChI=1S/C19H20F2N2O3/c20-19(21)26-17-7-5-16(6-8-17)22-18(24)15-3-1-14(2-4-15)13-23-9-11-25-12-10-23/h1-8,19H,9-13H2,(H,22,24)/p+1. The summed E-state index contributed by atoms with van der Waals surface area (Å²) in [5, 5.41) is 2.74. The largest absolute Gasteiger partial charge is 0.435 e. The number of hydrogen-bond acceptors (Lipinski definition) is 3. The molecule has 3 rings (SSSR count). The number of quaternary nitrogens is 1. The van der Waals surface area contributed by atoms with Crippen molar-refractivity contribution in [3.8, 4) is 5.75 Å². The van der Waals surface area contributed by atoms with Crippen LogP contribution in [0.2, 0.25) is 0 Å². The van der Waals surface area contributed by atoms with Crippen molar-refractivity contribution in [1.82, 2.24) is 0 Å². The summed E-state index contributed by atoms with van der Waals surface area (Å²) >= 11 is 0. The van der Waals surface area contributed by atoms with Crippen molar-refractivity contribution in [2.24, 2.45) is 0 Å². The Labute approximate surface area is 150 Å². The normalized spacial score (nSPS) is 15.0. The molecular weight excluding hydrogens is 342 g/mol. The van der Waals surface area contributed by atoms with Gasteiger partial charge in [-0.25, -0.2) is 0 Å². The van der Waals surface area contributed by atoms with Crippen molar-refractivity contribution >= 4 is 11.6 Å². The number of benzene rings is 2. The van der Waals surface area contributed by atoms with Gasteiger partial charge in [0.05, 0.1) is 13.2 Å². The van der Waals surface area contributed by atoms with Crippen LogP contribution in [0, 0.1) is 0 Å². The Balaban J connectivity index is 1.55. The summed E-state index contributed by atoms with van der Waals surface area (Å²) in [6, 6.07) is 13.3.